The van der Waals surface area contributed by atoms with E-state index < -0.39 is 0 Å². The van der Waals surface area contributed by atoms with Gasteiger partial charge in [0.25, 0.3) is 0 Å². The van der Waals surface area contributed by atoms with Gasteiger partial charge in [-0.25, -0.2) is 9.97 Å². The fraction of sp³-hybridized carbons (Fsp3) is 0.500. The van der Waals surface area contributed by atoms with Crippen molar-refractivity contribution in [2.24, 2.45) is 0 Å². The van der Waals surface area contributed by atoms with Crippen molar-refractivity contribution in [2.75, 3.05) is 30.4 Å². The zero-order chi connectivity index (χ0) is 14.5. The number of methoxy groups -OCH3 is 1. The number of ether oxygens (including phenoxy) is 1. The molecule has 1 fully saturated rings. The molecule has 2 aromatic heterocycles. The maximum absolute atomic E-state index is 5.39. The minimum atomic E-state index is 0.363. The lowest BCUT2D eigenvalue weighted by atomic mass is 10.1. The molecule has 7 heteroatoms. The van der Waals surface area contributed by atoms with Crippen LogP contribution in [0.5, 0.6) is 0 Å². The molecule has 112 valence electrons. The Balaban J connectivity index is 1.60. The number of piperidine rings is 1. The van der Waals surface area contributed by atoms with Gasteiger partial charge >= 0.3 is 0 Å². The van der Waals surface area contributed by atoms with E-state index in [4.69, 9.17) is 4.74 Å². The van der Waals surface area contributed by atoms with Crippen LogP contribution in [0, 0.1) is 0 Å². The molecule has 3 heterocycles. The average Bonchev–Trinajstić information content (AvgIpc) is 3.07. The predicted octanol–water partition coefficient (Wildman–Crippen LogP) is 1.43. The maximum Gasteiger partial charge on any atom is 0.227 e. The highest BCUT2D eigenvalue weighted by Crippen LogP contribution is 2.18. The number of rotatable bonds is 5. The van der Waals surface area contributed by atoms with Crippen LogP contribution in [-0.4, -0.2) is 46.2 Å². The molecule has 0 atom stereocenters. The molecule has 7 nitrogen and oxygen atoms in total. The second-order valence-corrected chi connectivity index (χ2v) is 5.05. The van der Waals surface area contributed by atoms with Gasteiger partial charge in [0.2, 0.25) is 5.95 Å². The molecule has 0 amide bonds. The fourth-order valence-corrected chi connectivity index (χ4v) is 2.46. The smallest absolute Gasteiger partial charge is 0.227 e. The first kappa shape index (κ1) is 13.8. The van der Waals surface area contributed by atoms with Crippen molar-refractivity contribution in [3.05, 3.63) is 30.5 Å². The van der Waals surface area contributed by atoms with Crippen LogP contribution in [0.25, 0.3) is 0 Å². The molecule has 3 rings (SSSR count). The van der Waals surface area contributed by atoms with E-state index in [1.165, 1.54) is 0 Å². The molecular weight excluding hydrogens is 268 g/mol. The number of aromatic nitrogens is 4. The number of H-pyrrole nitrogens is 1. The summed E-state index contributed by atoms with van der Waals surface area (Å²) in [7, 11) is 1.77. The van der Waals surface area contributed by atoms with Crippen molar-refractivity contribution >= 4 is 11.8 Å². The van der Waals surface area contributed by atoms with Gasteiger partial charge in [0.15, 0.2) is 0 Å². The Hall–Kier alpha value is -2.15. The lowest BCUT2D eigenvalue weighted by Crippen LogP contribution is -2.37. The lowest BCUT2D eigenvalue weighted by Gasteiger charge is -2.31. The number of hydrogen-bond acceptors (Lipinski definition) is 6. The molecular formula is C14H20N6O. The van der Waals surface area contributed by atoms with Crippen LogP contribution in [0.1, 0.15) is 18.7 Å². The topological polar surface area (TPSA) is 79.0 Å². The molecule has 21 heavy (non-hydrogen) atoms. The lowest BCUT2D eigenvalue weighted by molar-refractivity contribution is 0.0816. The molecule has 0 unspecified atom stereocenters. The SMILES string of the molecule is COC1CCN(c2nccc(NCc3ncc[nH]3)n2)CC1. The first-order valence-electron chi connectivity index (χ1n) is 7.18. The second-order valence-electron chi connectivity index (χ2n) is 5.05. The number of hydrogen-bond donors (Lipinski definition) is 2. The summed E-state index contributed by atoms with van der Waals surface area (Å²) in [6.07, 6.45) is 7.73. The minimum Gasteiger partial charge on any atom is -0.381 e. The van der Waals surface area contributed by atoms with Crippen LogP contribution in [0.4, 0.5) is 11.8 Å². The molecule has 2 aromatic rings. The number of aromatic amines is 1. The molecule has 1 aliphatic rings. The third-order valence-electron chi connectivity index (χ3n) is 3.69. The van der Waals surface area contributed by atoms with E-state index in [0.717, 1.165) is 43.5 Å². The van der Waals surface area contributed by atoms with Gasteiger partial charge in [0, 0.05) is 38.8 Å². The molecule has 0 aromatic carbocycles. The fourth-order valence-electron chi connectivity index (χ4n) is 2.46. The van der Waals surface area contributed by atoms with Gasteiger partial charge in [0.1, 0.15) is 11.6 Å². The van der Waals surface area contributed by atoms with E-state index >= 15 is 0 Å². The quantitative estimate of drug-likeness (QED) is 0.866. The third-order valence-corrected chi connectivity index (χ3v) is 3.69. The summed E-state index contributed by atoms with van der Waals surface area (Å²) in [6.45, 7) is 2.48. The van der Waals surface area contributed by atoms with Crippen molar-refractivity contribution in [1.82, 2.24) is 19.9 Å². The summed E-state index contributed by atoms with van der Waals surface area (Å²) in [5, 5.41) is 3.25. The van der Waals surface area contributed by atoms with E-state index in [9.17, 15) is 0 Å². The Morgan fingerprint density at radius 3 is 2.90 bits per heavy atom. The Morgan fingerprint density at radius 2 is 2.19 bits per heavy atom. The van der Waals surface area contributed by atoms with Crippen LogP contribution in [0.15, 0.2) is 24.7 Å². The van der Waals surface area contributed by atoms with Crippen LogP contribution in [0.2, 0.25) is 0 Å². The van der Waals surface area contributed by atoms with Crippen molar-refractivity contribution in [1.29, 1.82) is 0 Å². The first-order chi connectivity index (χ1) is 10.3. The van der Waals surface area contributed by atoms with Crippen molar-refractivity contribution in [3.63, 3.8) is 0 Å². The summed E-state index contributed by atoms with van der Waals surface area (Å²) >= 11 is 0. The van der Waals surface area contributed by atoms with Gasteiger partial charge in [-0.1, -0.05) is 0 Å². The monoisotopic (exact) mass is 288 g/mol. The summed E-state index contributed by atoms with van der Waals surface area (Å²) in [5.41, 5.74) is 0. The molecule has 1 saturated heterocycles. The Kier molecular flexibility index (Phi) is 4.30. The normalized spacial score (nSPS) is 16.1. The Morgan fingerprint density at radius 1 is 1.33 bits per heavy atom. The molecule has 0 bridgehead atoms. The van der Waals surface area contributed by atoms with E-state index in [1.807, 2.05) is 12.3 Å². The highest BCUT2D eigenvalue weighted by Gasteiger charge is 2.20. The van der Waals surface area contributed by atoms with E-state index in [1.54, 1.807) is 19.5 Å². The molecule has 0 radical (unpaired) electrons. The maximum atomic E-state index is 5.39. The molecule has 1 aliphatic heterocycles. The summed E-state index contributed by atoms with van der Waals surface area (Å²) < 4.78 is 5.39. The number of nitrogens with zero attached hydrogens (tertiary/aromatic N) is 4. The molecule has 0 aliphatic carbocycles. The van der Waals surface area contributed by atoms with Crippen LogP contribution in [0.3, 0.4) is 0 Å². The van der Waals surface area contributed by atoms with Gasteiger partial charge in [-0.15, -0.1) is 0 Å². The summed E-state index contributed by atoms with van der Waals surface area (Å²) in [6, 6.07) is 1.87. The predicted molar refractivity (Wildman–Crippen MR) is 80.2 cm³/mol. The van der Waals surface area contributed by atoms with Crippen molar-refractivity contribution in [3.8, 4) is 0 Å². The van der Waals surface area contributed by atoms with Crippen LogP contribution < -0.4 is 10.2 Å². The number of nitrogens with one attached hydrogen (secondary N) is 2. The van der Waals surface area contributed by atoms with Crippen molar-refractivity contribution in [2.45, 2.75) is 25.5 Å². The van der Waals surface area contributed by atoms with E-state index in [2.05, 4.69) is 30.2 Å². The molecule has 0 saturated carbocycles. The van der Waals surface area contributed by atoms with Crippen LogP contribution >= 0.6 is 0 Å². The zero-order valence-electron chi connectivity index (χ0n) is 12.1. The summed E-state index contributed by atoms with van der Waals surface area (Å²) in [4.78, 5) is 18.4. The van der Waals surface area contributed by atoms with Gasteiger partial charge in [-0.05, 0) is 18.9 Å². The first-order valence-corrected chi connectivity index (χ1v) is 7.18. The highest BCUT2D eigenvalue weighted by molar-refractivity contribution is 5.41. The molecule has 2 N–H and O–H groups in total. The molecule has 0 spiro atoms. The number of imidazole rings is 1. The van der Waals surface area contributed by atoms with Gasteiger partial charge in [0.05, 0.1) is 12.6 Å². The highest BCUT2D eigenvalue weighted by atomic mass is 16.5. The summed E-state index contributed by atoms with van der Waals surface area (Å²) in [5.74, 6) is 2.47. The average molecular weight is 288 g/mol. The zero-order valence-corrected chi connectivity index (χ0v) is 12.1. The van der Waals surface area contributed by atoms with Gasteiger partial charge in [-0.2, -0.15) is 4.98 Å². The largest absolute Gasteiger partial charge is 0.381 e. The van der Waals surface area contributed by atoms with Gasteiger partial charge < -0.3 is 19.9 Å². The third kappa shape index (κ3) is 3.49. The van der Waals surface area contributed by atoms with Crippen molar-refractivity contribution < 1.29 is 4.74 Å². The van der Waals surface area contributed by atoms with E-state index in [-0.39, 0.29) is 0 Å². The standard InChI is InChI=1S/C14H20N6O/c1-21-11-3-8-20(9-4-11)14-17-5-2-12(19-14)18-10-13-15-6-7-16-13/h2,5-7,11H,3-4,8-10H2,1H3,(H,15,16)(H,17,18,19). The minimum absolute atomic E-state index is 0.363. The van der Waals surface area contributed by atoms with Crippen LogP contribution in [-0.2, 0) is 11.3 Å². The Labute approximate surface area is 123 Å². The Bertz CT molecular complexity index is 550. The second kappa shape index (κ2) is 6.53. The van der Waals surface area contributed by atoms with E-state index in [0.29, 0.717) is 12.6 Å². The van der Waals surface area contributed by atoms with Gasteiger partial charge in [-0.3, -0.25) is 0 Å². The number of anilines is 2.